The van der Waals surface area contributed by atoms with E-state index in [0.717, 1.165) is 21.2 Å². The number of fused-ring (bicyclic) bond motifs is 2. The van der Waals surface area contributed by atoms with E-state index in [1.165, 1.54) is 6.07 Å². The monoisotopic (exact) mass is 593 g/mol. The Morgan fingerprint density at radius 2 is 1.00 bits per heavy atom. The van der Waals surface area contributed by atoms with Crippen LogP contribution in [0.25, 0.3) is 54.9 Å². The molecule has 0 unspecified atom stereocenters. The third-order valence-corrected chi connectivity index (χ3v) is 7.18. The summed E-state index contributed by atoms with van der Waals surface area (Å²) in [6.07, 6.45) is 0. The summed E-state index contributed by atoms with van der Waals surface area (Å²) in [5.41, 5.74) is -2.48. The Labute approximate surface area is 292 Å². The van der Waals surface area contributed by atoms with E-state index >= 15 is 0 Å². The van der Waals surface area contributed by atoms with E-state index in [2.05, 4.69) is 0 Å². The predicted molar refractivity (Wildman–Crippen MR) is 192 cm³/mol. The molecule has 0 saturated carbocycles. The van der Waals surface area contributed by atoms with Gasteiger partial charge in [0.1, 0.15) is 0 Å². The lowest BCUT2D eigenvalue weighted by atomic mass is 9.97. The molecular formula is C44H31N. The van der Waals surface area contributed by atoms with E-state index in [1.807, 2.05) is 42.5 Å². The fourth-order valence-electron chi connectivity index (χ4n) is 5.11. The Hall–Kier alpha value is -5.92. The van der Waals surface area contributed by atoms with Gasteiger partial charge in [-0.25, -0.2) is 0 Å². The van der Waals surface area contributed by atoms with Crippen LogP contribution in [0.4, 0.5) is 17.1 Å². The standard InChI is InChI=1S/C44H31N/c1-2-11-32(12-3-1)33-23-25-34(26-24-33)35-27-29-39(30-28-35)45(44-22-10-16-37-14-5-7-20-43(37)44)40-18-8-17-38(31-40)42-21-9-15-36-13-4-6-19-41(36)42/h1-31H/i1D,2D,3D,5D,7D,10D,11D,12D,14D,16D,20D,22D,23D,24D,25D,26D,27D,28D,29D,30D. The van der Waals surface area contributed by atoms with E-state index in [1.54, 1.807) is 18.2 Å². The molecule has 8 rings (SSSR count). The molecule has 0 saturated heterocycles. The van der Waals surface area contributed by atoms with Crippen LogP contribution in [-0.2, 0) is 0 Å². The molecule has 8 aromatic carbocycles. The maximum absolute atomic E-state index is 9.52. The SMILES string of the molecule is [2H]c1c([2H])c([2H])c(-c2c([2H])c([2H])c(-c3c([2H])c([2H])c(N(c4cccc(-c5cccc6ccccc56)c4)c4c([2H])c([2H])c([2H])c5c([2H])c([2H])c([2H])c([2H])c45)c([2H])c3[2H])c([2H])c2[2H])c([2H])c1[2H]. The molecule has 0 heterocycles. The smallest absolute Gasteiger partial charge is 0.0645 e. The van der Waals surface area contributed by atoms with Crippen molar-refractivity contribution in [1.29, 1.82) is 0 Å². The van der Waals surface area contributed by atoms with E-state index in [0.29, 0.717) is 5.56 Å². The Morgan fingerprint density at radius 1 is 0.378 bits per heavy atom. The molecule has 1 heteroatoms. The number of rotatable bonds is 6. The Kier molecular flexibility index (Phi) is 3.36. The maximum Gasteiger partial charge on any atom is 0.0645 e. The highest BCUT2D eigenvalue weighted by molar-refractivity contribution is 6.01. The maximum atomic E-state index is 9.52. The van der Waals surface area contributed by atoms with Gasteiger partial charge in [0, 0.05) is 16.8 Å². The van der Waals surface area contributed by atoms with Crippen LogP contribution in [0.3, 0.4) is 0 Å². The average molecular weight is 594 g/mol. The van der Waals surface area contributed by atoms with Gasteiger partial charge in [-0.3, -0.25) is 0 Å². The van der Waals surface area contributed by atoms with E-state index in [4.69, 9.17) is 20.6 Å². The highest BCUT2D eigenvalue weighted by Crippen LogP contribution is 2.41. The van der Waals surface area contributed by atoms with Crippen LogP contribution in [0.15, 0.2) is 188 Å². The summed E-state index contributed by atoms with van der Waals surface area (Å²) in [6, 6.07) is 3.27. The Morgan fingerprint density at radius 3 is 1.80 bits per heavy atom. The second-order valence-corrected chi connectivity index (χ2v) is 9.86. The molecule has 0 atom stereocenters. The van der Waals surface area contributed by atoms with Gasteiger partial charge in [-0.2, -0.15) is 0 Å². The molecular weight excluding hydrogens is 542 g/mol. The molecule has 0 radical (unpaired) electrons. The first-order valence-corrected chi connectivity index (χ1v) is 13.8. The molecule has 0 aliphatic carbocycles. The summed E-state index contributed by atoms with van der Waals surface area (Å²) in [5, 5.41) is 0.842. The molecule has 0 spiro atoms. The van der Waals surface area contributed by atoms with Crippen LogP contribution >= 0.6 is 0 Å². The zero-order valence-corrected chi connectivity index (χ0v) is 23.3. The highest BCUT2D eigenvalue weighted by atomic mass is 15.1. The Bertz CT molecular complexity index is 3300. The Balaban J connectivity index is 1.47. The van der Waals surface area contributed by atoms with Crippen LogP contribution in [0, 0.1) is 0 Å². The second-order valence-electron chi connectivity index (χ2n) is 9.86. The number of anilines is 3. The minimum atomic E-state index is -0.915. The van der Waals surface area contributed by atoms with Gasteiger partial charge in [-0.1, -0.05) is 157 Å². The van der Waals surface area contributed by atoms with Crippen molar-refractivity contribution in [1.82, 2.24) is 0 Å². The van der Waals surface area contributed by atoms with Crippen LogP contribution in [0.5, 0.6) is 0 Å². The van der Waals surface area contributed by atoms with Crippen molar-refractivity contribution < 1.29 is 27.4 Å². The van der Waals surface area contributed by atoms with Crippen molar-refractivity contribution >= 4 is 38.6 Å². The minimum absolute atomic E-state index is 0.0375. The quantitative estimate of drug-likeness (QED) is 0.185. The van der Waals surface area contributed by atoms with Crippen molar-refractivity contribution in [3.8, 4) is 33.4 Å². The van der Waals surface area contributed by atoms with Crippen LogP contribution in [0.2, 0.25) is 0 Å². The number of nitrogens with zero attached hydrogens (tertiary/aromatic N) is 1. The molecule has 0 N–H and O–H groups in total. The fourth-order valence-corrected chi connectivity index (χ4v) is 5.11. The highest BCUT2D eigenvalue weighted by Gasteiger charge is 2.17. The summed E-state index contributed by atoms with van der Waals surface area (Å²) in [6.45, 7) is 0. The van der Waals surface area contributed by atoms with Crippen LogP contribution < -0.4 is 4.90 Å². The van der Waals surface area contributed by atoms with E-state index in [-0.39, 0.29) is 5.69 Å². The third kappa shape index (κ3) is 5.15. The molecule has 8 aromatic rings. The lowest BCUT2D eigenvalue weighted by Crippen LogP contribution is -2.10. The lowest BCUT2D eigenvalue weighted by Gasteiger charge is -2.27. The first-order valence-electron chi connectivity index (χ1n) is 23.8. The zero-order valence-electron chi connectivity index (χ0n) is 43.3. The van der Waals surface area contributed by atoms with Gasteiger partial charge in [-0.05, 0) is 79.8 Å². The zero-order chi connectivity index (χ0) is 47.4. The molecule has 0 amide bonds. The summed E-state index contributed by atoms with van der Waals surface area (Å²) < 4.78 is 176. The molecule has 1 nitrogen and oxygen atoms in total. The number of hydrogen-bond donors (Lipinski definition) is 0. The van der Waals surface area contributed by atoms with Gasteiger partial charge in [0.05, 0.1) is 33.1 Å². The molecule has 0 fully saturated rings. The molecule has 45 heavy (non-hydrogen) atoms. The first-order chi connectivity index (χ1) is 30.6. The van der Waals surface area contributed by atoms with Crippen LogP contribution in [0.1, 0.15) is 27.4 Å². The minimum Gasteiger partial charge on any atom is -0.310 e. The molecule has 0 aliphatic rings. The summed E-state index contributed by atoms with van der Waals surface area (Å²) >= 11 is 0. The molecule has 0 bridgehead atoms. The molecule has 0 aromatic heterocycles. The average Bonchev–Trinajstić information content (AvgIpc) is 3.30. The van der Waals surface area contributed by atoms with Gasteiger partial charge in [0.2, 0.25) is 0 Å². The van der Waals surface area contributed by atoms with Crippen molar-refractivity contribution in [2.45, 2.75) is 0 Å². The first kappa shape index (κ1) is 13.0. The second kappa shape index (κ2) is 11.6. The molecule has 212 valence electrons. The number of benzene rings is 8. The molecule has 0 aliphatic heterocycles. The number of hydrogen-bond acceptors (Lipinski definition) is 1. The third-order valence-electron chi connectivity index (χ3n) is 7.18. The van der Waals surface area contributed by atoms with E-state index < -0.39 is 165 Å². The van der Waals surface area contributed by atoms with Gasteiger partial charge < -0.3 is 4.90 Å². The summed E-state index contributed by atoms with van der Waals surface area (Å²) in [4.78, 5) is 1.05. The normalized spacial score (nSPS) is 17.3. The summed E-state index contributed by atoms with van der Waals surface area (Å²) in [7, 11) is 0. The summed E-state index contributed by atoms with van der Waals surface area (Å²) in [5.74, 6) is 0. The van der Waals surface area contributed by atoms with Gasteiger partial charge in [0.15, 0.2) is 0 Å². The van der Waals surface area contributed by atoms with Crippen molar-refractivity contribution in [2.24, 2.45) is 0 Å². The van der Waals surface area contributed by atoms with Crippen LogP contribution in [-0.4, -0.2) is 0 Å². The fraction of sp³-hybridized carbons (Fsp3) is 0. The van der Waals surface area contributed by atoms with E-state index in [9.17, 15) is 6.85 Å². The van der Waals surface area contributed by atoms with Gasteiger partial charge in [-0.15, -0.1) is 0 Å². The van der Waals surface area contributed by atoms with Crippen molar-refractivity contribution in [3.05, 3.63) is 188 Å². The lowest BCUT2D eigenvalue weighted by molar-refractivity contribution is 1.30. The van der Waals surface area contributed by atoms with Gasteiger partial charge >= 0.3 is 0 Å². The van der Waals surface area contributed by atoms with Crippen molar-refractivity contribution in [3.63, 3.8) is 0 Å². The largest absolute Gasteiger partial charge is 0.310 e. The predicted octanol–water partition coefficient (Wildman–Crippen LogP) is 12.5. The topological polar surface area (TPSA) is 3.24 Å². The van der Waals surface area contributed by atoms with Crippen molar-refractivity contribution in [2.75, 3.05) is 4.90 Å². The van der Waals surface area contributed by atoms with Gasteiger partial charge in [0.25, 0.3) is 0 Å².